The maximum Gasteiger partial charge on any atom is 0.257 e. The zero-order chi connectivity index (χ0) is 31.1. The zero-order valence-corrected chi connectivity index (χ0v) is 26.0. The van der Waals surface area contributed by atoms with E-state index in [4.69, 9.17) is 9.47 Å². The normalized spacial score (nSPS) is 13.5. The second-order valence-electron chi connectivity index (χ2n) is 11.3. The zero-order valence-electron chi connectivity index (χ0n) is 26.0. The lowest BCUT2D eigenvalue weighted by Gasteiger charge is -2.35. The summed E-state index contributed by atoms with van der Waals surface area (Å²) in [4.78, 5) is 26.8. The van der Waals surface area contributed by atoms with E-state index in [-0.39, 0.29) is 5.91 Å². The van der Waals surface area contributed by atoms with Gasteiger partial charge in [0.1, 0.15) is 23.4 Å². The van der Waals surface area contributed by atoms with Gasteiger partial charge in [-0.25, -0.2) is 9.97 Å². The first-order valence-electron chi connectivity index (χ1n) is 15.3. The van der Waals surface area contributed by atoms with E-state index in [9.17, 15) is 10.1 Å². The predicted molar refractivity (Wildman–Crippen MR) is 169 cm³/mol. The van der Waals surface area contributed by atoms with Crippen molar-refractivity contribution in [1.29, 1.82) is 5.26 Å². The summed E-state index contributed by atoms with van der Waals surface area (Å²) in [5, 5.41) is 9.65. The summed E-state index contributed by atoms with van der Waals surface area (Å²) in [6.07, 6.45) is 3.93. The van der Waals surface area contributed by atoms with Crippen LogP contribution in [0.25, 0.3) is 0 Å². The highest BCUT2D eigenvalue weighted by molar-refractivity contribution is 5.97. The average molecular weight is 593 g/mol. The standard InChI is InChI=1S/C35H40N6O3/c1-5-6-19-43-34-25(2)9-7-11-31(34)35(42)40-17-15-39(16-18-40)24-30-22-37-27(4)41(30)23-28-13-14-29(21-36)32(20-28)44-33-12-8-10-26(3)38-33/h7-14,20,22H,5-6,15-19,23-24H2,1-4H3. The van der Waals surface area contributed by atoms with Gasteiger partial charge in [-0.15, -0.1) is 0 Å². The Morgan fingerprint density at radius 1 is 1.00 bits per heavy atom. The summed E-state index contributed by atoms with van der Waals surface area (Å²) in [5.74, 6) is 2.59. The van der Waals surface area contributed by atoms with Crippen molar-refractivity contribution in [2.75, 3.05) is 32.8 Å². The fourth-order valence-corrected chi connectivity index (χ4v) is 5.41. The number of hydrogen-bond acceptors (Lipinski definition) is 7. The van der Waals surface area contributed by atoms with Crippen molar-refractivity contribution in [3.63, 3.8) is 0 Å². The third kappa shape index (κ3) is 7.26. The molecule has 5 rings (SSSR count). The van der Waals surface area contributed by atoms with Crippen molar-refractivity contribution in [2.45, 2.75) is 53.6 Å². The summed E-state index contributed by atoms with van der Waals surface area (Å²) in [7, 11) is 0. The van der Waals surface area contributed by atoms with E-state index in [1.807, 2.05) is 74.3 Å². The quantitative estimate of drug-likeness (QED) is 0.196. The number of nitrogens with zero attached hydrogens (tertiary/aromatic N) is 6. The number of hydrogen-bond donors (Lipinski definition) is 0. The number of unbranched alkanes of at least 4 members (excludes halogenated alkanes) is 1. The van der Waals surface area contributed by atoms with Crippen LogP contribution in [-0.2, 0) is 13.1 Å². The van der Waals surface area contributed by atoms with Crippen LogP contribution in [0, 0.1) is 32.1 Å². The molecule has 0 bridgehead atoms. The fraction of sp³-hybridized carbons (Fsp3) is 0.371. The lowest BCUT2D eigenvalue weighted by Crippen LogP contribution is -2.48. The molecule has 9 heteroatoms. The van der Waals surface area contributed by atoms with Crippen molar-refractivity contribution in [3.05, 3.63) is 100 Å². The average Bonchev–Trinajstić information content (AvgIpc) is 3.36. The van der Waals surface area contributed by atoms with Crippen molar-refractivity contribution < 1.29 is 14.3 Å². The van der Waals surface area contributed by atoms with E-state index >= 15 is 0 Å². The molecule has 0 N–H and O–H groups in total. The largest absolute Gasteiger partial charge is 0.492 e. The Hall–Kier alpha value is -4.68. The molecule has 1 fully saturated rings. The minimum absolute atomic E-state index is 0.0282. The summed E-state index contributed by atoms with van der Waals surface area (Å²) in [6.45, 7) is 12.8. The van der Waals surface area contributed by atoms with Crippen LogP contribution in [0.2, 0.25) is 0 Å². The molecule has 0 spiro atoms. The molecule has 0 radical (unpaired) electrons. The lowest BCUT2D eigenvalue weighted by molar-refractivity contribution is 0.0621. The summed E-state index contributed by atoms with van der Waals surface area (Å²) >= 11 is 0. The van der Waals surface area contributed by atoms with Gasteiger partial charge in [-0.05, 0) is 62.6 Å². The number of para-hydroxylation sites is 1. The number of aryl methyl sites for hydroxylation is 3. The molecule has 2 aromatic carbocycles. The van der Waals surface area contributed by atoms with Gasteiger partial charge < -0.3 is 18.9 Å². The molecule has 1 amide bonds. The van der Waals surface area contributed by atoms with E-state index in [2.05, 4.69) is 32.4 Å². The number of carbonyl (C=O) groups excluding carboxylic acids is 1. The molecule has 0 saturated carbocycles. The van der Waals surface area contributed by atoms with Crippen molar-refractivity contribution in [1.82, 2.24) is 24.3 Å². The molecule has 4 aromatic rings. The van der Waals surface area contributed by atoms with Gasteiger partial charge >= 0.3 is 0 Å². The molecule has 1 aliphatic heterocycles. The molecule has 44 heavy (non-hydrogen) atoms. The lowest BCUT2D eigenvalue weighted by atomic mass is 10.1. The number of rotatable bonds is 11. The third-order valence-electron chi connectivity index (χ3n) is 7.95. The molecule has 0 atom stereocenters. The van der Waals surface area contributed by atoms with Crippen LogP contribution in [0.5, 0.6) is 17.4 Å². The summed E-state index contributed by atoms with van der Waals surface area (Å²) in [5.41, 5.74) is 5.03. The smallest absolute Gasteiger partial charge is 0.257 e. The highest BCUT2D eigenvalue weighted by Crippen LogP contribution is 2.28. The van der Waals surface area contributed by atoms with Gasteiger partial charge in [0.25, 0.3) is 5.91 Å². The molecular weight excluding hydrogens is 552 g/mol. The number of ether oxygens (including phenoxy) is 2. The van der Waals surface area contributed by atoms with Gasteiger partial charge in [-0.1, -0.05) is 37.6 Å². The number of aromatic nitrogens is 3. The first-order chi connectivity index (χ1) is 21.4. The van der Waals surface area contributed by atoms with Crippen LogP contribution in [0.4, 0.5) is 0 Å². The summed E-state index contributed by atoms with van der Waals surface area (Å²) < 4.78 is 14.3. The highest BCUT2D eigenvalue weighted by atomic mass is 16.5. The van der Waals surface area contributed by atoms with Gasteiger partial charge in [-0.3, -0.25) is 9.69 Å². The number of piperazine rings is 1. The van der Waals surface area contributed by atoms with Crippen LogP contribution in [0.3, 0.4) is 0 Å². The van der Waals surface area contributed by atoms with Crippen molar-refractivity contribution >= 4 is 5.91 Å². The van der Waals surface area contributed by atoms with Gasteiger partial charge in [0.05, 0.1) is 23.4 Å². The predicted octanol–water partition coefficient (Wildman–Crippen LogP) is 6.05. The Balaban J connectivity index is 1.24. The van der Waals surface area contributed by atoms with Crippen LogP contribution >= 0.6 is 0 Å². The Morgan fingerprint density at radius 3 is 2.55 bits per heavy atom. The Kier molecular flexibility index (Phi) is 9.93. The van der Waals surface area contributed by atoms with Gasteiger partial charge in [0.15, 0.2) is 0 Å². The SMILES string of the molecule is CCCCOc1c(C)cccc1C(=O)N1CCN(Cc2cnc(C)n2Cc2ccc(C#N)c(Oc3cccc(C)n3)c2)CC1. The molecule has 228 valence electrons. The number of carbonyl (C=O) groups is 1. The maximum absolute atomic E-state index is 13.5. The molecule has 0 aliphatic carbocycles. The fourth-order valence-electron chi connectivity index (χ4n) is 5.41. The van der Waals surface area contributed by atoms with Crippen LogP contribution in [-0.4, -0.2) is 63.0 Å². The molecule has 1 saturated heterocycles. The Bertz CT molecular complexity index is 1650. The Morgan fingerprint density at radius 2 is 1.80 bits per heavy atom. The number of benzene rings is 2. The van der Waals surface area contributed by atoms with Gasteiger partial charge in [0, 0.05) is 57.2 Å². The van der Waals surface area contributed by atoms with Crippen LogP contribution in [0.15, 0.2) is 60.8 Å². The first-order valence-corrected chi connectivity index (χ1v) is 15.3. The second kappa shape index (κ2) is 14.2. The summed E-state index contributed by atoms with van der Waals surface area (Å²) in [6, 6.07) is 19.2. The monoisotopic (exact) mass is 592 g/mol. The first kappa shape index (κ1) is 30.8. The minimum Gasteiger partial charge on any atom is -0.492 e. The number of nitriles is 1. The second-order valence-corrected chi connectivity index (χ2v) is 11.3. The van der Waals surface area contributed by atoms with E-state index in [0.717, 1.165) is 60.8 Å². The molecule has 3 heterocycles. The number of amides is 1. The highest BCUT2D eigenvalue weighted by Gasteiger charge is 2.26. The molecular formula is C35H40N6O3. The van der Waals surface area contributed by atoms with Gasteiger partial charge in [-0.2, -0.15) is 5.26 Å². The van der Waals surface area contributed by atoms with Crippen molar-refractivity contribution in [2.24, 2.45) is 0 Å². The Labute approximate surface area is 259 Å². The minimum atomic E-state index is 0.0282. The van der Waals surface area contributed by atoms with Gasteiger partial charge in [0.2, 0.25) is 5.88 Å². The molecule has 1 aliphatic rings. The van der Waals surface area contributed by atoms with Crippen molar-refractivity contribution in [3.8, 4) is 23.4 Å². The molecule has 9 nitrogen and oxygen atoms in total. The number of imidazole rings is 1. The number of pyridine rings is 1. The van der Waals surface area contributed by atoms with E-state index in [1.54, 1.807) is 12.1 Å². The topological polar surface area (TPSA) is 96.5 Å². The van der Waals surface area contributed by atoms with Crippen LogP contribution in [0.1, 0.15) is 64.0 Å². The third-order valence-corrected chi connectivity index (χ3v) is 7.95. The molecule has 0 unspecified atom stereocenters. The van der Waals surface area contributed by atoms with E-state index in [1.165, 1.54) is 0 Å². The van der Waals surface area contributed by atoms with E-state index < -0.39 is 0 Å². The van der Waals surface area contributed by atoms with Crippen LogP contribution < -0.4 is 9.47 Å². The maximum atomic E-state index is 13.5. The van der Waals surface area contributed by atoms with E-state index in [0.29, 0.717) is 54.7 Å². The molecule has 2 aromatic heterocycles.